The van der Waals surface area contributed by atoms with E-state index in [1.807, 2.05) is 44.2 Å². The van der Waals surface area contributed by atoms with Crippen LogP contribution < -0.4 is 4.74 Å². The standard InChI is InChI=1S/C23H29NO5S/c1-15-4-5-19(10-16(15)2)28-13-23(25)24(18-8-9-30(26,27)14-18)12-20-6-7-22(29-20)21-11-17(21)3/h4-7,10,17-18,21H,8-9,11-14H2,1-3H3. The lowest BCUT2D eigenvalue weighted by atomic mass is 10.1. The van der Waals surface area contributed by atoms with Crippen LogP contribution in [0.4, 0.5) is 0 Å². The molecule has 1 aromatic heterocycles. The summed E-state index contributed by atoms with van der Waals surface area (Å²) in [4.78, 5) is 14.7. The van der Waals surface area contributed by atoms with Gasteiger partial charge in [0.2, 0.25) is 0 Å². The van der Waals surface area contributed by atoms with Crippen molar-refractivity contribution in [2.45, 2.75) is 52.1 Å². The van der Waals surface area contributed by atoms with Gasteiger partial charge in [-0.15, -0.1) is 0 Å². The molecule has 2 aliphatic rings. The monoisotopic (exact) mass is 431 g/mol. The Bertz CT molecular complexity index is 1040. The van der Waals surface area contributed by atoms with Gasteiger partial charge in [0.1, 0.15) is 17.3 Å². The van der Waals surface area contributed by atoms with E-state index in [0.29, 0.717) is 29.8 Å². The first kappa shape index (κ1) is 21.0. The quantitative estimate of drug-likeness (QED) is 0.669. The number of rotatable bonds is 7. The maximum absolute atomic E-state index is 13.0. The van der Waals surface area contributed by atoms with Crippen LogP contribution in [0.1, 0.15) is 48.3 Å². The minimum absolute atomic E-state index is 0.00436. The Morgan fingerprint density at radius 3 is 2.60 bits per heavy atom. The van der Waals surface area contributed by atoms with Crippen molar-refractivity contribution in [3.8, 4) is 5.75 Å². The van der Waals surface area contributed by atoms with Gasteiger partial charge in [0.15, 0.2) is 16.4 Å². The molecule has 1 aromatic carbocycles. The average molecular weight is 432 g/mol. The number of sulfone groups is 1. The zero-order valence-corrected chi connectivity index (χ0v) is 18.6. The highest BCUT2D eigenvalue weighted by atomic mass is 32.2. The van der Waals surface area contributed by atoms with Gasteiger partial charge in [-0.25, -0.2) is 8.42 Å². The fourth-order valence-corrected chi connectivity index (χ4v) is 5.77. The molecule has 1 aliphatic heterocycles. The number of nitrogens with zero attached hydrogens (tertiary/aromatic N) is 1. The summed E-state index contributed by atoms with van der Waals surface area (Å²) in [6, 6.07) is 9.23. The van der Waals surface area contributed by atoms with Gasteiger partial charge in [-0.1, -0.05) is 13.0 Å². The second kappa shape index (κ2) is 8.10. The third kappa shape index (κ3) is 4.72. The molecular formula is C23H29NO5S. The molecule has 162 valence electrons. The molecule has 30 heavy (non-hydrogen) atoms. The summed E-state index contributed by atoms with van der Waals surface area (Å²) in [6.45, 7) is 6.33. The van der Waals surface area contributed by atoms with E-state index < -0.39 is 9.84 Å². The Hall–Kier alpha value is -2.28. The molecular weight excluding hydrogens is 402 g/mol. The smallest absolute Gasteiger partial charge is 0.261 e. The summed E-state index contributed by atoms with van der Waals surface area (Å²) < 4.78 is 35.7. The molecule has 1 amide bonds. The summed E-state index contributed by atoms with van der Waals surface area (Å²) in [5.41, 5.74) is 2.25. The van der Waals surface area contributed by atoms with Crippen LogP contribution in [0, 0.1) is 19.8 Å². The third-order valence-corrected chi connectivity index (χ3v) is 8.04. The molecule has 1 saturated carbocycles. The van der Waals surface area contributed by atoms with E-state index in [2.05, 4.69) is 6.92 Å². The highest BCUT2D eigenvalue weighted by molar-refractivity contribution is 7.91. The van der Waals surface area contributed by atoms with Gasteiger partial charge in [0.25, 0.3) is 5.91 Å². The Balaban J connectivity index is 1.47. The molecule has 2 heterocycles. The van der Waals surface area contributed by atoms with Crippen molar-refractivity contribution in [3.63, 3.8) is 0 Å². The molecule has 1 aliphatic carbocycles. The number of amides is 1. The normalized spacial score (nSPS) is 24.6. The van der Waals surface area contributed by atoms with Crippen molar-refractivity contribution in [1.29, 1.82) is 0 Å². The lowest BCUT2D eigenvalue weighted by molar-refractivity contribution is -0.136. The average Bonchev–Trinajstić information content (AvgIpc) is 3.09. The lowest BCUT2D eigenvalue weighted by Crippen LogP contribution is -2.43. The highest BCUT2D eigenvalue weighted by Crippen LogP contribution is 2.47. The van der Waals surface area contributed by atoms with Crippen molar-refractivity contribution in [3.05, 3.63) is 53.0 Å². The Kier molecular flexibility index (Phi) is 5.66. The molecule has 0 radical (unpaired) electrons. The molecule has 3 atom stereocenters. The summed E-state index contributed by atoms with van der Waals surface area (Å²) in [7, 11) is -3.11. The number of carbonyl (C=O) groups is 1. The van der Waals surface area contributed by atoms with Gasteiger partial charge in [-0.2, -0.15) is 0 Å². The summed E-state index contributed by atoms with van der Waals surface area (Å²) >= 11 is 0. The van der Waals surface area contributed by atoms with Crippen molar-refractivity contribution < 1.29 is 22.4 Å². The first-order valence-electron chi connectivity index (χ1n) is 10.5. The van der Waals surface area contributed by atoms with E-state index in [9.17, 15) is 13.2 Å². The van der Waals surface area contributed by atoms with Crippen LogP contribution >= 0.6 is 0 Å². The fraction of sp³-hybridized carbons (Fsp3) is 0.522. The van der Waals surface area contributed by atoms with Crippen molar-refractivity contribution in [2.24, 2.45) is 5.92 Å². The second-order valence-corrected chi connectivity index (χ2v) is 11.0. The molecule has 6 nitrogen and oxygen atoms in total. The van der Waals surface area contributed by atoms with E-state index in [1.165, 1.54) is 0 Å². The van der Waals surface area contributed by atoms with Gasteiger partial charge in [-0.3, -0.25) is 4.79 Å². The Morgan fingerprint density at radius 2 is 1.97 bits per heavy atom. The lowest BCUT2D eigenvalue weighted by Gasteiger charge is -2.27. The highest BCUT2D eigenvalue weighted by Gasteiger charge is 2.38. The van der Waals surface area contributed by atoms with Crippen LogP contribution in [0.15, 0.2) is 34.7 Å². The van der Waals surface area contributed by atoms with Crippen molar-refractivity contribution in [1.82, 2.24) is 4.90 Å². The van der Waals surface area contributed by atoms with E-state index in [4.69, 9.17) is 9.15 Å². The molecule has 0 N–H and O–H groups in total. The van der Waals surface area contributed by atoms with E-state index in [1.54, 1.807) is 4.90 Å². The largest absolute Gasteiger partial charge is 0.484 e. The maximum Gasteiger partial charge on any atom is 0.261 e. The third-order valence-electron chi connectivity index (χ3n) is 6.29. The first-order valence-corrected chi connectivity index (χ1v) is 12.3. The van der Waals surface area contributed by atoms with Gasteiger partial charge >= 0.3 is 0 Å². The van der Waals surface area contributed by atoms with Crippen LogP contribution in [-0.2, 0) is 21.2 Å². The van der Waals surface area contributed by atoms with Crippen LogP contribution in [0.5, 0.6) is 5.75 Å². The molecule has 2 fully saturated rings. The van der Waals surface area contributed by atoms with E-state index in [0.717, 1.165) is 23.3 Å². The minimum Gasteiger partial charge on any atom is -0.484 e. The molecule has 3 unspecified atom stereocenters. The van der Waals surface area contributed by atoms with Gasteiger partial charge in [0, 0.05) is 12.0 Å². The summed E-state index contributed by atoms with van der Waals surface area (Å²) in [6.07, 6.45) is 1.57. The molecule has 1 saturated heterocycles. The predicted octanol–water partition coefficient (Wildman–Crippen LogP) is 3.61. The number of carbonyl (C=O) groups excluding carboxylic acids is 1. The molecule has 0 bridgehead atoms. The van der Waals surface area contributed by atoms with Crippen LogP contribution in [-0.4, -0.2) is 43.4 Å². The van der Waals surface area contributed by atoms with Crippen LogP contribution in [0.25, 0.3) is 0 Å². The van der Waals surface area contributed by atoms with Gasteiger partial charge in [0.05, 0.1) is 18.1 Å². The number of furan rings is 1. The number of hydrogen-bond acceptors (Lipinski definition) is 5. The Morgan fingerprint density at radius 1 is 1.20 bits per heavy atom. The minimum atomic E-state index is -3.11. The SMILES string of the molecule is Cc1ccc(OCC(=O)N(Cc2ccc(C3CC3C)o2)C2CCS(=O)(=O)C2)cc1C. The number of hydrogen-bond donors (Lipinski definition) is 0. The number of aryl methyl sites for hydroxylation is 2. The predicted molar refractivity (Wildman–Crippen MR) is 114 cm³/mol. The fourth-order valence-electron chi connectivity index (χ4n) is 4.04. The van der Waals surface area contributed by atoms with E-state index >= 15 is 0 Å². The van der Waals surface area contributed by atoms with Crippen LogP contribution in [0.2, 0.25) is 0 Å². The molecule has 2 aromatic rings. The van der Waals surface area contributed by atoms with Crippen molar-refractivity contribution in [2.75, 3.05) is 18.1 Å². The van der Waals surface area contributed by atoms with E-state index in [-0.39, 0.29) is 36.6 Å². The number of ether oxygens (including phenoxy) is 1. The summed E-state index contributed by atoms with van der Waals surface area (Å²) in [5.74, 6) is 3.25. The zero-order chi connectivity index (χ0) is 21.5. The number of benzene rings is 1. The van der Waals surface area contributed by atoms with Crippen LogP contribution in [0.3, 0.4) is 0 Å². The molecule has 0 spiro atoms. The summed E-state index contributed by atoms with van der Waals surface area (Å²) in [5, 5.41) is 0. The second-order valence-electron chi connectivity index (χ2n) is 8.74. The molecule has 7 heteroatoms. The van der Waals surface area contributed by atoms with Gasteiger partial charge in [-0.05, 0) is 68.0 Å². The zero-order valence-electron chi connectivity index (χ0n) is 17.8. The Labute approximate surface area is 178 Å². The molecule has 4 rings (SSSR count). The first-order chi connectivity index (χ1) is 14.2. The topological polar surface area (TPSA) is 76.8 Å². The van der Waals surface area contributed by atoms with Gasteiger partial charge < -0.3 is 14.1 Å². The van der Waals surface area contributed by atoms with Crippen molar-refractivity contribution >= 4 is 15.7 Å². The maximum atomic E-state index is 13.0.